The highest BCUT2D eigenvalue weighted by molar-refractivity contribution is 5.33. The van der Waals surface area contributed by atoms with Crippen LogP contribution in [0.15, 0.2) is 34.9 Å². The van der Waals surface area contributed by atoms with E-state index in [-0.39, 0.29) is 5.75 Å². The van der Waals surface area contributed by atoms with E-state index in [0.29, 0.717) is 18.1 Å². The zero-order valence-corrected chi connectivity index (χ0v) is 8.92. The SMILES string of the molecule is CC(O)c1cnc(Cc2ccccc2O)o1. The maximum atomic E-state index is 9.57. The molecule has 0 bridgehead atoms. The lowest BCUT2D eigenvalue weighted by molar-refractivity contribution is 0.167. The van der Waals surface area contributed by atoms with Crippen molar-refractivity contribution in [2.45, 2.75) is 19.4 Å². The van der Waals surface area contributed by atoms with Crippen LogP contribution in [0.25, 0.3) is 0 Å². The minimum Gasteiger partial charge on any atom is -0.508 e. The minimum absolute atomic E-state index is 0.222. The van der Waals surface area contributed by atoms with Gasteiger partial charge in [-0.15, -0.1) is 0 Å². The van der Waals surface area contributed by atoms with Gasteiger partial charge in [0.25, 0.3) is 0 Å². The molecule has 0 saturated heterocycles. The maximum absolute atomic E-state index is 9.57. The predicted octanol–water partition coefficient (Wildman–Crippen LogP) is 2.02. The van der Waals surface area contributed by atoms with Gasteiger partial charge in [-0.2, -0.15) is 0 Å². The van der Waals surface area contributed by atoms with Gasteiger partial charge in [0, 0.05) is 5.56 Å². The van der Waals surface area contributed by atoms with Crippen LogP contribution < -0.4 is 0 Å². The zero-order valence-electron chi connectivity index (χ0n) is 8.92. The van der Waals surface area contributed by atoms with Gasteiger partial charge in [-0.1, -0.05) is 18.2 Å². The first-order chi connectivity index (χ1) is 7.66. The molecule has 0 fully saturated rings. The Labute approximate surface area is 93.2 Å². The molecule has 2 rings (SSSR count). The van der Waals surface area contributed by atoms with Crippen LogP contribution in [0.1, 0.15) is 30.2 Å². The lowest BCUT2D eigenvalue weighted by Crippen LogP contribution is -1.89. The van der Waals surface area contributed by atoms with Crippen LogP contribution in [0, 0.1) is 0 Å². The highest BCUT2D eigenvalue weighted by atomic mass is 16.4. The molecular weight excluding hydrogens is 206 g/mol. The molecule has 16 heavy (non-hydrogen) atoms. The first-order valence-electron chi connectivity index (χ1n) is 5.06. The maximum Gasteiger partial charge on any atom is 0.199 e. The van der Waals surface area contributed by atoms with Gasteiger partial charge in [-0.3, -0.25) is 0 Å². The van der Waals surface area contributed by atoms with E-state index in [0.717, 1.165) is 5.56 Å². The van der Waals surface area contributed by atoms with E-state index in [4.69, 9.17) is 4.42 Å². The number of rotatable bonds is 3. The molecule has 1 atom stereocenters. The summed E-state index contributed by atoms with van der Waals surface area (Å²) in [5, 5.41) is 18.8. The van der Waals surface area contributed by atoms with Gasteiger partial charge in [-0.25, -0.2) is 4.98 Å². The van der Waals surface area contributed by atoms with Crippen LogP contribution in [-0.2, 0) is 6.42 Å². The second-order valence-corrected chi connectivity index (χ2v) is 3.64. The number of aliphatic hydroxyl groups excluding tert-OH is 1. The molecule has 1 aromatic carbocycles. The van der Waals surface area contributed by atoms with Gasteiger partial charge in [0.05, 0.1) is 12.6 Å². The second-order valence-electron chi connectivity index (χ2n) is 3.64. The zero-order chi connectivity index (χ0) is 11.5. The molecule has 0 amide bonds. The summed E-state index contributed by atoms with van der Waals surface area (Å²) in [6, 6.07) is 7.03. The predicted molar refractivity (Wildman–Crippen MR) is 58.0 cm³/mol. The van der Waals surface area contributed by atoms with Gasteiger partial charge in [-0.05, 0) is 13.0 Å². The second kappa shape index (κ2) is 4.37. The average Bonchev–Trinajstić information content (AvgIpc) is 2.70. The summed E-state index contributed by atoms with van der Waals surface area (Å²) in [5.74, 6) is 1.14. The van der Waals surface area contributed by atoms with Gasteiger partial charge < -0.3 is 14.6 Å². The Morgan fingerprint density at radius 3 is 2.75 bits per heavy atom. The van der Waals surface area contributed by atoms with Gasteiger partial charge in [0.15, 0.2) is 11.7 Å². The highest BCUT2D eigenvalue weighted by Gasteiger charge is 2.10. The van der Waals surface area contributed by atoms with Crippen LogP contribution >= 0.6 is 0 Å². The molecule has 1 heterocycles. The fourth-order valence-corrected chi connectivity index (χ4v) is 1.42. The Hall–Kier alpha value is -1.81. The molecule has 4 nitrogen and oxygen atoms in total. The fraction of sp³-hybridized carbons (Fsp3) is 0.250. The molecule has 2 N–H and O–H groups in total. The largest absolute Gasteiger partial charge is 0.508 e. The summed E-state index contributed by atoms with van der Waals surface area (Å²) in [5.41, 5.74) is 0.751. The van der Waals surface area contributed by atoms with E-state index in [2.05, 4.69) is 4.98 Å². The fourth-order valence-electron chi connectivity index (χ4n) is 1.42. The van der Waals surface area contributed by atoms with E-state index >= 15 is 0 Å². The Kier molecular flexibility index (Phi) is 2.92. The van der Waals surface area contributed by atoms with Crippen molar-refractivity contribution in [2.24, 2.45) is 0 Å². The topological polar surface area (TPSA) is 66.5 Å². The summed E-state index contributed by atoms with van der Waals surface area (Å²) in [4.78, 5) is 4.04. The smallest absolute Gasteiger partial charge is 0.199 e. The van der Waals surface area contributed by atoms with Crippen molar-refractivity contribution in [3.63, 3.8) is 0 Å². The molecule has 1 aromatic heterocycles. The van der Waals surface area contributed by atoms with E-state index in [9.17, 15) is 10.2 Å². The molecule has 0 aliphatic rings. The molecule has 0 saturated carbocycles. The summed E-state index contributed by atoms with van der Waals surface area (Å²) in [6.07, 6.45) is 1.25. The number of hydrogen-bond donors (Lipinski definition) is 2. The third kappa shape index (κ3) is 2.23. The first-order valence-corrected chi connectivity index (χ1v) is 5.06. The Balaban J connectivity index is 2.18. The monoisotopic (exact) mass is 219 g/mol. The minimum atomic E-state index is -0.661. The molecule has 2 aromatic rings. The van der Waals surface area contributed by atoms with Crippen LogP contribution in [-0.4, -0.2) is 15.2 Å². The third-order valence-corrected chi connectivity index (χ3v) is 2.32. The Morgan fingerprint density at radius 1 is 1.38 bits per heavy atom. The van der Waals surface area contributed by atoms with Crippen molar-refractivity contribution in [2.75, 3.05) is 0 Å². The molecule has 84 valence electrons. The Bertz CT molecular complexity index is 477. The quantitative estimate of drug-likeness (QED) is 0.828. The lowest BCUT2D eigenvalue weighted by atomic mass is 10.1. The van der Waals surface area contributed by atoms with Crippen LogP contribution in [0.2, 0.25) is 0 Å². The number of aromatic hydroxyl groups is 1. The van der Waals surface area contributed by atoms with Gasteiger partial charge >= 0.3 is 0 Å². The number of para-hydroxylation sites is 1. The standard InChI is InChI=1S/C12H13NO3/c1-8(14)11-7-13-12(16-11)6-9-4-2-3-5-10(9)15/h2-5,7-8,14-15H,6H2,1H3. The molecule has 1 unspecified atom stereocenters. The van der Waals surface area contributed by atoms with Gasteiger partial charge in [0.1, 0.15) is 11.9 Å². The lowest BCUT2D eigenvalue weighted by Gasteiger charge is -2.01. The summed E-state index contributed by atoms with van der Waals surface area (Å²) < 4.78 is 5.33. The van der Waals surface area contributed by atoms with E-state index < -0.39 is 6.10 Å². The van der Waals surface area contributed by atoms with Crippen LogP contribution in [0.5, 0.6) is 5.75 Å². The molecule has 0 radical (unpaired) electrons. The van der Waals surface area contributed by atoms with E-state index in [1.807, 2.05) is 12.1 Å². The Morgan fingerprint density at radius 2 is 2.12 bits per heavy atom. The molecule has 0 aliphatic heterocycles. The number of aromatic nitrogens is 1. The normalized spacial score (nSPS) is 12.6. The number of phenolic OH excluding ortho intramolecular Hbond substituents is 1. The third-order valence-electron chi connectivity index (χ3n) is 2.32. The van der Waals surface area contributed by atoms with Crippen molar-refractivity contribution in [1.29, 1.82) is 0 Å². The van der Waals surface area contributed by atoms with E-state index in [1.165, 1.54) is 6.20 Å². The van der Waals surface area contributed by atoms with Crippen molar-refractivity contribution in [3.8, 4) is 5.75 Å². The number of oxazole rings is 1. The molecule has 0 aliphatic carbocycles. The van der Waals surface area contributed by atoms with Gasteiger partial charge in [0.2, 0.25) is 0 Å². The average molecular weight is 219 g/mol. The number of nitrogens with zero attached hydrogens (tertiary/aromatic N) is 1. The summed E-state index contributed by atoms with van der Waals surface area (Å²) >= 11 is 0. The van der Waals surface area contributed by atoms with Crippen LogP contribution in [0.4, 0.5) is 0 Å². The first kappa shape index (κ1) is 10.7. The van der Waals surface area contributed by atoms with Crippen molar-refractivity contribution in [3.05, 3.63) is 47.7 Å². The molecule has 4 heteroatoms. The van der Waals surface area contributed by atoms with Crippen molar-refractivity contribution in [1.82, 2.24) is 4.98 Å². The number of benzene rings is 1. The molecular formula is C12H13NO3. The number of aliphatic hydroxyl groups is 1. The van der Waals surface area contributed by atoms with Crippen LogP contribution in [0.3, 0.4) is 0 Å². The van der Waals surface area contributed by atoms with Crippen molar-refractivity contribution >= 4 is 0 Å². The van der Waals surface area contributed by atoms with E-state index in [1.54, 1.807) is 19.1 Å². The molecule has 0 spiro atoms. The summed E-state index contributed by atoms with van der Waals surface area (Å²) in [6.45, 7) is 1.62. The highest BCUT2D eigenvalue weighted by Crippen LogP contribution is 2.21. The number of phenols is 1. The number of hydrogen-bond acceptors (Lipinski definition) is 4. The summed E-state index contributed by atoms with van der Waals surface area (Å²) in [7, 11) is 0. The van der Waals surface area contributed by atoms with Crippen molar-refractivity contribution < 1.29 is 14.6 Å².